The third kappa shape index (κ3) is 22.9. The van der Waals surface area contributed by atoms with Crippen molar-refractivity contribution in [3.05, 3.63) is 0 Å². The lowest BCUT2D eigenvalue weighted by atomic mass is 9.94. The minimum absolute atomic E-state index is 0.735. The smallest absolute Gasteiger partial charge is 0.397 e. The molecule has 0 bridgehead atoms. The number of rotatable bonds is 30. The fourth-order valence-electron chi connectivity index (χ4n) is 8.98. The average molecular weight is 1510 g/mol. The first-order chi connectivity index (χ1) is 41.2. The zero-order chi connectivity index (χ0) is 69.4. The monoisotopic (exact) mass is 1510 g/mol. The molecule has 25 atom stereocenters. The quantitative estimate of drug-likeness (QED) is 0.0297. The Hall–Kier alpha value is -2.74. The maximum Gasteiger partial charge on any atom is 0.397 e. The van der Waals surface area contributed by atoms with Crippen LogP contribution in [0.2, 0.25) is 0 Å². The van der Waals surface area contributed by atoms with Crippen LogP contribution >= 0.6 is 0 Å². The summed E-state index contributed by atoms with van der Waals surface area (Å²) in [5.41, 5.74) is 0. The summed E-state index contributed by atoms with van der Waals surface area (Å²) < 4.78 is 346. The van der Waals surface area contributed by atoms with Crippen molar-refractivity contribution in [3.8, 4) is 0 Å². The first kappa shape index (κ1) is 79.0. The van der Waals surface area contributed by atoms with E-state index in [1.165, 1.54) is 9.44 Å². The van der Waals surface area contributed by atoms with Crippen molar-refractivity contribution < 1.29 is 222 Å². The predicted molar refractivity (Wildman–Crippen MR) is 262 cm³/mol. The van der Waals surface area contributed by atoms with Gasteiger partial charge in [0.2, 0.25) is 0 Å². The molecule has 5 aliphatic rings. The van der Waals surface area contributed by atoms with E-state index in [9.17, 15) is 150 Å². The van der Waals surface area contributed by atoms with Crippen LogP contribution in [0.5, 0.6) is 0 Å². The number of nitrogens with one attached hydrogen (secondary N) is 3. The molecule has 0 aliphatic carbocycles. The summed E-state index contributed by atoms with van der Waals surface area (Å²) in [4.78, 5) is 25.8. The van der Waals surface area contributed by atoms with Crippen LogP contribution in [0.3, 0.4) is 0 Å². The number of ether oxygens (including phenoxy) is 10. The number of carboxylic acid groups (broad SMARTS) is 2. The molecule has 0 aromatic heterocycles. The molecule has 0 aromatic carbocycles. The molecule has 5 saturated heterocycles. The lowest BCUT2D eigenvalue weighted by Gasteiger charge is -2.50. The molecule has 19 N–H and O–H groups in total. The third-order valence-corrected chi connectivity index (χ3v) is 16.4. The molecule has 52 nitrogen and oxygen atoms in total. The van der Waals surface area contributed by atoms with Gasteiger partial charge >= 0.3 is 94.8 Å². The van der Waals surface area contributed by atoms with Gasteiger partial charge in [-0.25, -0.2) is 30.5 Å². The van der Waals surface area contributed by atoms with Crippen molar-refractivity contribution in [2.45, 2.75) is 153 Å². The van der Waals surface area contributed by atoms with Gasteiger partial charge in [0.25, 0.3) is 0 Å². The molecule has 0 radical (unpaired) electrons. The maximum absolute atomic E-state index is 13.0. The summed E-state index contributed by atoms with van der Waals surface area (Å²) in [6, 6.07) is -8.17. The van der Waals surface area contributed by atoms with Gasteiger partial charge in [-0.15, -0.1) is 0 Å². The highest BCUT2D eigenvalue weighted by molar-refractivity contribution is 7.84. The van der Waals surface area contributed by atoms with Crippen LogP contribution < -0.4 is 14.2 Å². The van der Waals surface area contributed by atoms with Gasteiger partial charge in [0, 0.05) is 7.11 Å². The van der Waals surface area contributed by atoms with Gasteiger partial charge in [0.15, 0.2) is 49.8 Å². The Balaban J connectivity index is 1.60. The maximum atomic E-state index is 13.0. The van der Waals surface area contributed by atoms with Crippen molar-refractivity contribution in [2.75, 3.05) is 26.9 Å². The molecule has 534 valence electrons. The van der Waals surface area contributed by atoms with E-state index in [4.69, 9.17) is 51.9 Å². The highest BCUT2D eigenvalue weighted by Crippen LogP contribution is 2.39. The standard InChI is InChI=1S/C31H53N3O49S8/c1-69-27-9(33-85(48,49)50)13(37)17(6(74-27)3-71-88(57,58)59)76-31-22(83-91(66,67)68)16(40)21(24(81-31)26(43)44)79-29-10(34-86(51,52)53)19(82-90(63,64)65)18(7(75-29)4-72-89(60,61)62)77-30-15(39)14(38)20(23(80-30)25(41)42)78-28-8(32-84(45,46)47)12(36)11(35)5(73-28)2-70-87(54,55)56/h5-24,27-40H,2-4H2,1H3,(H,41,42)(H,43,44)(H,45,46,47)(H,48,49,50)(H,51,52,53)(H,54,55,56)(H,57,58,59)(H,60,61,62)(H,63,64,65)(H,66,67,68). The van der Waals surface area contributed by atoms with Gasteiger partial charge in [-0.1, -0.05) is 0 Å². The number of aliphatic hydroxyl groups is 6. The zero-order valence-electron chi connectivity index (χ0n) is 43.9. The summed E-state index contributed by atoms with van der Waals surface area (Å²) in [5, 5.41) is 87.8. The second-order valence-electron chi connectivity index (χ2n) is 18.7. The topological polar surface area (TPSA) is 805 Å². The van der Waals surface area contributed by atoms with E-state index in [1.54, 1.807) is 0 Å². The highest BCUT2D eigenvalue weighted by atomic mass is 32.3. The zero-order valence-corrected chi connectivity index (χ0v) is 50.5. The summed E-state index contributed by atoms with van der Waals surface area (Å²) in [7, 11) is -45.9. The van der Waals surface area contributed by atoms with Gasteiger partial charge in [0.1, 0.15) is 104 Å². The van der Waals surface area contributed by atoms with Gasteiger partial charge < -0.3 is 88.2 Å². The van der Waals surface area contributed by atoms with Crippen LogP contribution in [0, 0.1) is 0 Å². The van der Waals surface area contributed by atoms with Crippen molar-refractivity contribution >= 4 is 94.8 Å². The molecule has 91 heavy (non-hydrogen) atoms. The van der Waals surface area contributed by atoms with Crippen molar-refractivity contribution in [1.82, 2.24) is 14.2 Å². The predicted octanol–water partition coefficient (Wildman–Crippen LogP) is -13.8. The molecular weight excluding hydrogens is 1450 g/mol. The number of aliphatic hydroxyl groups excluding tert-OH is 6. The lowest BCUT2D eigenvalue weighted by molar-refractivity contribution is -0.373. The van der Waals surface area contributed by atoms with E-state index < -0.39 is 268 Å². The Morgan fingerprint density at radius 3 is 1.13 bits per heavy atom. The average Bonchev–Trinajstić information content (AvgIpc) is 0.767. The number of methoxy groups -OCH3 is 1. The van der Waals surface area contributed by atoms with Crippen molar-refractivity contribution in [1.29, 1.82) is 0 Å². The molecule has 25 unspecified atom stereocenters. The van der Waals surface area contributed by atoms with E-state index in [2.05, 4.69) is 20.9 Å². The molecule has 0 aromatic rings. The second kappa shape index (κ2) is 29.9. The summed E-state index contributed by atoms with van der Waals surface area (Å²) in [5.74, 6) is -4.91. The molecule has 5 heterocycles. The number of hydrogen-bond acceptors (Lipinski definition) is 39. The SMILES string of the molecule is COC1OC(COS(=O)(=O)O)C(OC2OC(C(=O)O)C(OC3OC(COS(=O)(=O)O)C(OC4OC(C(=O)O)C(OC5OC(COS(=O)(=O)O)C(O)C(O)C5NS(=O)(=O)O)C(O)C4O)C(OS(=O)(=O)O)C3NS(=O)(=O)O)C(O)C2OS(=O)(=O)O)C(O)C1NS(=O)(=O)O. The number of hydrogen-bond donors (Lipinski definition) is 19. The van der Waals surface area contributed by atoms with Gasteiger partial charge in [-0.05, 0) is 0 Å². The first-order valence-corrected chi connectivity index (χ1v) is 34.7. The Morgan fingerprint density at radius 1 is 0.352 bits per heavy atom. The van der Waals surface area contributed by atoms with Crippen LogP contribution in [0.15, 0.2) is 0 Å². The molecule has 60 heteroatoms. The second-order valence-corrected chi connectivity index (χ2v) is 27.6. The summed E-state index contributed by atoms with van der Waals surface area (Å²) >= 11 is 0. The first-order valence-electron chi connectivity index (χ1n) is 23.5. The molecule has 5 fully saturated rings. The Labute approximate surface area is 509 Å². The minimum atomic E-state index is -6.36. The summed E-state index contributed by atoms with van der Waals surface area (Å²) in [6.07, 6.45) is -63.6. The van der Waals surface area contributed by atoms with Crippen molar-refractivity contribution in [3.63, 3.8) is 0 Å². The molecule has 0 amide bonds. The lowest BCUT2D eigenvalue weighted by Crippen LogP contribution is -2.71. The van der Waals surface area contributed by atoms with E-state index in [0.717, 1.165) is 11.8 Å². The molecular formula is C31H53N3O49S8. The van der Waals surface area contributed by atoms with E-state index in [1.807, 2.05) is 0 Å². The Bertz CT molecular complexity index is 3490. The molecule has 5 rings (SSSR count). The fraction of sp³-hybridized carbons (Fsp3) is 0.935. The van der Waals surface area contributed by atoms with E-state index in [-0.39, 0.29) is 0 Å². The normalized spacial score (nSPS) is 38.6. The van der Waals surface area contributed by atoms with Crippen LogP contribution in [0.1, 0.15) is 0 Å². The molecule has 0 spiro atoms. The largest absolute Gasteiger partial charge is 0.479 e. The van der Waals surface area contributed by atoms with E-state index in [0.29, 0.717) is 0 Å². The third-order valence-electron chi connectivity index (χ3n) is 12.4. The highest BCUT2D eigenvalue weighted by Gasteiger charge is 2.61. The Morgan fingerprint density at radius 2 is 0.703 bits per heavy atom. The van der Waals surface area contributed by atoms with Gasteiger partial charge in [0.05, 0.1) is 19.8 Å². The minimum Gasteiger partial charge on any atom is -0.479 e. The fourth-order valence-corrected chi connectivity index (χ4v) is 12.7. The molecule has 5 aliphatic heterocycles. The van der Waals surface area contributed by atoms with Crippen LogP contribution in [-0.4, -0.2) is 337 Å². The van der Waals surface area contributed by atoms with E-state index >= 15 is 0 Å². The van der Waals surface area contributed by atoms with Gasteiger partial charge in [-0.3, -0.25) is 36.4 Å². The van der Waals surface area contributed by atoms with Crippen LogP contribution in [0.25, 0.3) is 0 Å². The number of aliphatic carboxylic acids is 2. The van der Waals surface area contributed by atoms with Crippen LogP contribution in [-0.2, 0) is 161 Å². The molecule has 0 saturated carbocycles. The Kier molecular flexibility index (Phi) is 26.0. The van der Waals surface area contributed by atoms with Gasteiger partial charge in [-0.2, -0.15) is 81.5 Å². The van der Waals surface area contributed by atoms with Crippen molar-refractivity contribution in [2.24, 2.45) is 0 Å². The number of carboxylic acids is 2. The number of carbonyl (C=O) groups is 2. The van der Waals surface area contributed by atoms with Crippen LogP contribution in [0.4, 0.5) is 0 Å². The summed E-state index contributed by atoms with van der Waals surface area (Å²) in [6.45, 7) is -5.06.